The third-order valence-corrected chi connectivity index (χ3v) is 2.88. The fourth-order valence-electron chi connectivity index (χ4n) is 1.56. The largest absolute Gasteiger partial charge is 0.457 e. The Balaban J connectivity index is 2.08. The molecular weight excluding hydrogens is 288 g/mol. The second-order valence-electron chi connectivity index (χ2n) is 4.06. The van der Waals surface area contributed by atoms with Crippen molar-refractivity contribution in [2.24, 2.45) is 0 Å². The average molecular weight is 298 g/mol. The number of hydrogen-bond acceptors (Lipinski definition) is 3. The van der Waals surface area contributed by atoms with Crippen LogP contribution in [0.5, 0.6) is 0 Å². The molecule has 6 heteroatoms. The molecule has 0 aliphatic heterocycles. The third kappa shape index (κ3) is 3.24. The van der Waals surface area contributed by atoms with Crippen molar-refractivity contribution in [3.8, 4) is 0 Å². The fraction of sp³-hybridized carbons (Fsp3) is 0.0714. The van der Waals surface area contributed by atoms with Crippen LogP contribution in [0.15, 0.2) is 36.4 Å². The first-order valence-electron chi connectivity index (χ1n) is 5.63. The van der Waals surface area contributed by atoms with E-state index in [1.165, 1.54) is 24.3 Å². The summed E-state index contributed by atoms with van der Waals surface area (Å²) in [7, 11) is 0. The summed E-state index contributed by atoms with van der Waals surface area (Å²) in [6.45, 7) is -0.116. The van der Waals surface area contributed by atoms with Gasteiger partial charge in [0.2, 0.25) is 0 Å². The zero-order valence-corrected chi connectivity index (χ0v) is 11.0. The van der Waals surface area contributed by atoms with Crippen molar-refractivity contribution in [1.82, 2.24) is 0 Å². The summed E-state index contributed by atoms with van der Waals surface area (Å²) >= 11 is 5.61. The molecule has 0 unspecified atom stereocenters. The van der Waals surface area contributed by atoms with Gasteiger partial charge in [-0.15, -0.1) is 0 Å². The number of halogens is 3. The van der Waals surface area contributed by atoms with Gasteiger partial charge in [0.15, 0.2) is 0 Å². The lowest BCUT2D eigenvalue weighted by atomic mass is 10.2. The molecule has 0 heterocycles. The molecule has 0 spiro atoms. The van der Waals surface area contributed by atoms with Crippen LogP contribution >= 0.6 is 11.6 Å². The minimum absolute atomic E-state index is 0.0572. The zero-order valence-electron chi connectivity index (χ0n) is 10.2. The molecule has 0 saturated heterocycles. The Kier molecular flexibility index (Phi) is 4.20. The normalized spacial score (nSPS) is 10.3. The lowest BCUT2D eigenvalue weighted by Crippen LogP contribution is -2.08. The van der Waals surface area contributed by atoms with Crippen LogP contribution in [0.1, 0.15) is 15.9 Å². The van der Waals surface area contributed by atoms with Crippen LogP contribution < -0.4 is 5.73 Å². The SMILES string of the molecule is Nc1ccc(F)cc1C(=O)OCc1ccc(F)c(Cl)c1. The van der Waals surface area contributed by atoms with E-state index in [1.807, 2.05) is 0 Å². The van der Waals surface area contributed by atoms with E-state index in [1.54, 1.807) is 0 Å². The van der Waals surface area contributed by atoms with Crippen molar-refractivity contribution >= 4 is 23.3 Å². The number of carbonyl (C=O) groups excluding carboxylic acids is 1. The topological polar surface area (TPSA) is 52.3 Å². The highest BCUT2D eigenvalue weighted by Crippen LogP contribution is 2.18. The molecule has 104 valence electrons. The summed E-state index contributed by atoms with van der Waals surface area (Å²) < 4.78 is 31.0. The summed E-state index contributed by atoms with van der Waals surface area (Å²) in [5.41, 5.74) is 6.14. The molecule has 0 aromatic heterocycles. The standard InChI is InChI=1S/C14H10ClF2NO2/c15-11-5-8(1-3-12(11)17)7-20-14(19)10-6-9(16)2-4-13(10)18/h1-6H,7,18H2. The molecule has 0 bridgehead atoms. The van der Waals surface area contributed by atoms with Crippen molar-refractivity contribution < 1.29 is 18.3 Å². The predicted octanol–water partition coefficient (Wildman–Crippen LogP) is 3.56. The maximum absolute atomic E-state index is 13.0. The molecule has 0 amide bonds. The lowest BCUT2D eigenvalue weighted by Gasteiger charge is -2.07. The van der Waals surface area contributed by atoms with E-state index < -0.39 is 17.6 Å². The van der Waals surface area contributed by atoms with Gasteiger partial charge in [-0.25, -0.2) is 13.6 Å². The minimum Gasteiger partial charge on any atom is -0.457 e. The Bertz CT molecular complexity index is 662. The number of benzene rings is 2. The van der Waals surface area contributed by atoms with E-state index >= 15 is 0 Å². The molecule has 2 rings (SSSR count). The maximum Gasteiger partial charge on any atom is 0.340 e. The van der Waals surface area contributed by atoms with Crippen LogP contribution in [-0.2, 0) is 11.3 Å². The molecule has 3 nitrogen and oxygen atoms in total. The van der Waals surface area contributed by atoms with Gasteiger partial charge < -0.3 is 10.5 Å². The van der Waals surface area contributed by atoms with E-state index in [-0.39, 0.29) is 22.9 Å². The first-order chi connectivity index (χ1) is 9.47. The Hall–Kier alpha value is -2.14. The van der Waals surface area contributed by atoms with Gasteiger partial charge in [0.1, 0.15) is 18.2 Å². The summed E-state index contributed by atoms with van der Waals surface area (Å²) in [6.07, 6.45) is 0. The van der Waals surface area contributed by atoms with Gasteiger partial charge in [-0.3, -0.25) is 0 Å². The van der Waals surface area contributed by atoms with Crippen molar-refractivity contribution in [2.75, 3.05) is 5.73 Å². The van der Waals surface area contributed by atoms with E-state index in [4.69, 9.17) is 22.1 Å². The number of anilines is 1. The van der Waals surface area contributed by atoms with Gasteiger partial charge in [0.05, 0.1) is 10.6 Å². The Morgan fingerprint density at radius 1 is 1.20 bits per heavy atom. The maximum atomic E-state index is 13.0. The summed E-state index contributed by atoms with van der Waals surface area (Å²) in [4.78, 5) is 11.8. The minimum atomic E-state index is -0.762. The molecule has 2 aromatic rings. The number of ether oxygens (including phenoxy) is 1. The van der Waals surface area contributed by atoms with Gasteiger partial charge in [0, 0.05) is 5.69 Å². The van der Waals surface area contributed by atoms with Gasteiger partial charge in [-0.1, -0.05) is 17.7 Å². The molecule has 0 fully saturated rings. The van der Waals surface area contributed by atoms with E-state index in [9.17, 15) is 13.6 Å². The number of esters is 1. The van der Waals surface area contributed by atoms with Crippen LogP contribution in [0.25, 0.3) is 0 Å². The fourth-order valence-corrected chi connectivity index (χ4v) is 1.76. The predicted molar refractivity (Wildman–Crippen MR) is 71.3 cm³/mol. The van der Waals surface area contributed by atoms with E-state index in [0.717, 1.165) is 12.1 Å². The number of rotatable bonds is 3. The van der Waals surface area contributed by atoms with Gasteiger partial charge >= 0.3 is 5.97 Å². The Morgan fingerprint density at radius 2 is 1.95 bits per heavy atom. The molecule has 0 radical (unpaired) electrons. The summed E-state index contributed by atoms with van der Waals surface area (Å²) in [5, 5.41) is -0.0659. The second kappa shape index (κ2) is 5.88. The molecular formula is C14H10ClF2NO2. The molecule has 0 aliphatic rings. The lowest BCUT2D eigenvalue weighted by molar-refractivity contribution is 0.0473. The monoisotopic (exact) mass is 297 g/mol. The number of nitrogen functional groups attached to an aromatic ring is 1. The third-order valence-electron chi connectivity index (χ3n) is 2.59. The van der Waals surface area contributed by atoms with Crippen LogP contribution in [-0.4, -0.2) is 5.97 Å². The van der Waals surface area contributed by atoms with Crippen molar-refractivity contribution in [3.63, 3.8) is 0 Å². The van der Waals surface area contributed by atoms with Crippen molar-refractivity contribution in [1.29, 1.82) is 0 Å². The molecule has 0 saturated carbocycles. The van der Waals surface area contributed by atoms with Gasteiger partial charge in [0.25, 0.3) is 0 Å². The van der Waals surface area contributed by atoms with Crippen molar-refractivity contribution in [2.45, 2.75) is 6.61 Å². The first kappa shape index (κ1) is 14.3. The molecule has 0 aliphatic carbocycles. The zero-order chi connectivity index (χ0) is 14.7. The van der Waals surface area contributed by atoms with Crippen LogP contribution in [0.4, 0.5) is 14.5 Å². The van der Waals surface area contributed by atoms with Crippen LogP contribution in [0.2, 0.25) is 5.02 Å². The number of hydrogen-bond donors (Lipinski definition) is 1. The first-order valence-corrected chi connectivity index (χ1v) is 6.01. The summed E-state index contributed by atoms with van der Waals surface area (Å²) in [5.74, 6) is -1.91. The summed E-state index contributed by atoms with van der Waals surface area (Å²) in [6, 6.07) is 7.37. The van der Waals surface area contributed by atoms with Gasteiger partial charge in [-0.2, -0.15) is 0 Å². The molecule has 2 N–H and O–H groups in total. The van der Waals surface area contributed by atoms with E-state index in [0.29, 0.717) is 5.56 Å². The quantitative estimate of drug-likeness (QED) is 0.696. The Morgan fingerprint density at radius 3 is 2.65 bits per heavy atom. The average Bonchev–Trinajstić information content (AvgIpc) is 2.42. The van der Waals surface area contributed by atoms with Gasteiger partial charge in [-0.05, 0) is 35.9 Å². The molecule has 20 heavy (non-hydrogen) atoms. The Labute approximate surface area is 118 Å². The van der Waals surface area contributed by atoms with Crippen LogP contribution in [0.3, 0.4) is 0 Å². The highest BCUT2D eigenvalue weighted by atomic mass is 35.5. The second-order valence-corrected chi connectivity index (χ2v) is 4.46. The highest BCUT2D eigenvalue weighted by molar-refractivity contribution is 6.30. The van der Waals surface area contributed by atoms with E-state index in [2.05, 4.69) is 0 Å². The molecule has 0 atom stereocenters. The number of nitrogens with two attached hydrogens (primary N) is 1. The molecule has 2 aromatic carbocycles. The van der Waals surface area contributed by atoms with Crippen LogP contribution in [0, 0.1) is 11.6 Å². The number of carbonyl (C=O) groups is 1. The highest BCUT2D eigenvalue weighted by Gasteiger charge is 2.13. The van der Waals surface area contributed by atoms with Crippen molar-refractivity contribution in [3.05, 3.63) is 64.2 Å². The smallest absolute Gasteiger partial charge is 0.340 e.